The SMILES string of the molecule is Cl.Cn1nnc(COc2ccc(Cl)c3c2[C@@H](CN2CCCC2=O)NCC3)c1C(F)(F)F. The number of aromatic nitrogens is 3. The third-order valence-corrected chi connectivity index (χ3v) is 5.83. The van der Waals surface area contributed by atoms with Crippen molar-refractivity contribution in [2.75, 3.05) is 19.6 Å². The molecule has 1 aromatic carbocycles. The van der Waals surface area contributed by atoms with Crippen LogP contribution < -0.4 is 10.1 Å². The summed E-state index contributed by atoms with van der Waals surface area (Å²) in [4.78, 5) is 13.9. The number of alkyl halides is 3. The number of hydrogen-bond donors (Lipinski definition) is 1. The van der Waals surface area contributed by atoms with Gasteiger partial charge in [0, 0.05) is 37.1 Å². The largest absolute Gasteiger partial charge is 0.487 e. The minimum Gasteiger partial charge on any atom is -0.487 e. The summed E-state index contributed by atoms with van der Waals surface area (Å²) >= 11 is 6.39. The fourth-order valence-electron chi connectivity index (χ4n) is 4.12. The van der Waals surface area contributed by atoms with Gasteiger partial charge in [0.15, 0.2) is 5.69 Å². The number of carbonyl (C=O) groups excluding carboxylic acids is 1. The van der Waals surface area contributed by atoms with E-state index in [9.17, 15) is 18.0 Å². The van der Waals surface area contributed by atoms with E-state index >= 15 is 0 Å². The zero-order valence-electron chi connectivity index (χ0n) is 16.7. The van der Waals surface area contributed by atoms with Crippen molar-refractivity contribution in [3.8, 4) is 5.75 Å². The average Bonchev–Trinajstić information content (AvgIpc) is 3.27. The van der Waals surface area contributed by atoms with Gasteiger partial charge in [-0.1, -0.05) is 16.8 Å². The molecule has 7 nitrogen and oxygen atoms in total. The first-order valence-electron chi connectivity index (χ1n) is 9.66. The van der Waals surface area contributed by atoms with Crippen LogP contribution in [0.3, 0.4) is 0 Å². The molecule has 1 fully saturated rings. The van der Waals surface area contributed by atoms with Crippen LogP contribution in [-0.4, -0.2) is 45.4 Å². The van der Waals surface area contributed by atoms with Gasteiger partial charge in [-0.15, -0.1) is 17.5 Å². The fourth-order valence-corrected chi connectivity index (χ4v) is 4.37. The Bertz CT molecular complexity index is 967. The molecule has 0 spiro atoms. The number of halogens is 5. The standard InChI is InChI=1S/C19H21ClF3N5O2.ClH/c1-27-18(19(21,22)23)14(25-26-27)10-30-15-5-4-12(20)11-6-7-24-13(17(11)15)9-28-8-2-3-16(28)29;/h4-5,13,24H,2-3,6-10H2,1H3;1H/t13-;/m1./s1. The van der Waals surface area contributed by atoms with Crippen LogP contribution >= 0.6 is 24.0 Å². The van der Waals surface area contributed by atoms with E-state index in [2.05, 4.69) is 15.6 Å². The molecular formula is C19H22Cl2F3N5O2. The summed E-state index contributed by atoms with van der Waals surface area (Å²) in [5.74, 6) is 0.528. The van der Waals surface area contributed by atoms with Crippen molar-refractivity contribution in [1.82, 2.24) is 25.2 Å². The van der Waals surface area contributed by atoms with E-state index in [0.717, 1.165) is 17.5 Å². The second-order valence-corrected chi connectivity index (χ2v) is 7.84. The number of carbonyl (C=O) groups is 1. The van der Waals surface area contributed by atoms with Gasteiger partial charge < -0.3 is 15.0 Å². The molecule has 4 rings (SSSR count). The van der Waals surface area contributed by atoms with Crippen molar-refractivity contribution in [2.45, 2.75) is 38.1 Å². The number of ether oxygens (including phenoxy) is 1. The Morgan fingerprint density at radius 2 is 2.10 bits per heavy atom. The molecule has 0 saturated carbocycles. The number of nitrogens with one attached hydrogen (secondary N) is 1. The monoisotopic (exact) mass is 479 g/mol. The van der Waals surface area contributed by atoms with Crippen molar-refractivity contribution >= 4 is 29.9 Å². The number of nitrogens with zero attached hydrogens (tertiary/aromatic N) is 4. The minimum absolute atomic E-state index is 0. The summed E-state index contributed by atoms with van der Waals surface area (Å²) in [7, 11) is 1.19. The summed E-state index contributed by atoms with van der Waals surface area (Å²) < 4.78 is 46.4. The fraction of sp³-hybridized carbons (Fsp3) is 0.526. The molecule has 2 aliphatic heterocycles. The Hall–Kier alpha value is -2.04. The summed E-state index contributed by atoms with van der Waals surface area (Å²) in [6.45, 7) is 1.45. The number of amides is 1. The highest BCUT2D eigenvalue weighted by Crippen LogP contribution is 2.38. The molecule has 1 amide bonds. The van der Waals surface area contributed by atoms with Gasteiger partial charge in [0.25, 0.3) is 0 Å². The lowest BCUT2D eigenvalue weighted by molar-refractivity contribution is -0.144. The molecule has 3 heterocycles. The number of rotatable bonds is 5. The lowest BCUT2D eigenvalue weighted by atomic mass is 9.92. The van der Waals surface area contributed by atoms with Crippen molar-refractivity contribution in [3.63, 3.8) is 0 Å². The summed E-state index contributed by atoms with van der Waals surface area (Å²) in [5.41, 5.74) is 0.442. The molecule has 2 aliphatic rings. The van der Waals surface area contributed by atoms with Crippen LogP contribution in [0.25, 0.3) is 0 Å². The molecule has 1 atom stereocenters. The third-order valence-electron chi connectivity index (χ3n) is 5.48. The molecule has 0 bridgehead atoms. The number of hydrogen-bond acceptors (Lipinski definition) is 5. The number of likely N-dealkylation sites (tertiary alicyclic amines) is 1. The molecular weight excluding hydrogens is 458 g/mol. The maximum absolute atomic E-state index is 13.3. The molecule has 1 aromatic heterocycles. The van der Waals surface area contributed by atoms with E-state index in [1.807, 2.05) is 0 Å². The van der Waals surface area contributed by atoms with Crippen molar-refractivity contribution in [2.24, 2.45) is 7.05 Å². The maximum Gasteiger partial charge on any atom is 0.435 e. The highest BCUT2D eigenvalue weighted by Gasteiger charge is 2.39. The zero-order chi connectivity index (χ0) is 21.5. The third kappa shape index (κ3) is 4.75. The first-order chi connectivity index (χ1) is 14.3. The normalized spacial score (nSPS) is 18.7. The smallest absolute Gasteiger partial charge is 0.435 e. The Labute approximate surface area is 188 Å². The maximum atomic E-state index is 13.3. The van der Waals surface area contributed by atoms with Gasteiger partial charge in [-0.05, 0) is 37.1 Å². The van der Waals surface area contributed by atoms with Crippen molar-refractivity contribution < 1.29 is 22.7 Å². The number of fused-ring (bicyclic) bond motifs is 1. The molecule has 31 heavy (non-hydrogen) atoms. The first kappa shape index (κ1) is 23.6. The van der Waals surface area contributed by atoms with Gasteiger partial charge in [0.1, 0.15) is 18.1 Å². The molecule has 2 aromatic rings. The molecule has 12 heteroatoms. The van der Waals surface area contributed by atoms with Gasteiger partial charge in [0.2, 0.25) is 5.91 Å². The molecule has 0 unspecified atom stereocenters. The van der Waals surface area contributed by atoms with Gasteiger partial charge in [-0.3, -0.25) is 4.79 Å². The number of aryl methyl sites for hydroxylation is 1. The van der Waals surface area contributed by atoms with Gasteiger partial charge in [-0.2, -0.15) is 13.2 Å². The second-order valence-electron chi connectivity index (χ2n) is 7.43. The van der Waals surface area contributed by atoms with Crippen molar-refractivity contribution in [1.29, 1.82) is 0 Å². The number of benzene rings is 1. The van der Waals surface area contributed by atoms with Crippen LogP contribution in [0.15, 0.2) is 12.1 Å². The topological polar surface area (TPSA) is 72.3 Å². The van der Waals surface area contributed by atoms with Crippen LogP contribution in [0.1, 0.15) is 41.4 Å². The van der Waals surface area contributed by atoms with Gasteiger partial charge >= 0.3 is 6.18 Å². The van der Waals surface area contributed by atoms with E-state index < -0.39 is 11.9 Å². The first-order valence-corrected chi connectivity index (χ1v) is 10.0. The van der Waals surface area contributed by atoms with Crippen LogP contribution in [0.2, 0.25) is 5.02 Å². The van der Waals surface area contributed by atoms with Crippen LogP contribution in [-0.2, 0) is 31.0 Å². The summed E-state index contributed by atoms with van der Waals surface area (Å²) in [6.07, 6.45) is -2.57. The van der Waals surface area contributed by atoms with E-state index in [1.54, 1.807) is 17.0 Å². The molecule has 1 N–H and O–H groups in total. The van der Waals surface area contributed by atoms with E-state index in [-0.39, 0.29) is 36.7 Å². The van der Waals surface area contributed by atoms with Gasteiger partial charge in [-0.25, -0.2) is 4.68 Å². The molecule has 0 radical (unpaired) electrons. The Morgan fingerprint density at radius 3 is 2.77 bits per heavy atom. The average molecular weight is 480 g/mol. The van der Waals surface area contributed by atoms with Crippen LogP contribution in [0.4, 0.5) is 13.2 Å². The van der Waals surface area contributed by atoms with E-state index in [0.29, 0.717) is 47.9 Å². The Morgan fingerprint density at radius 1 is 1.32 bits per heavy atom. The lowest BCUT2D eigenvalue weighted by Crippen LogP contribution is -2.39. The van der Waals surface area contributed by atoms with Gasteiger partial charge in [0.05, 0.1) is 6.04 Å². The minimum atomic E-state index is -4.59. The highest BCUT2D eigenvalue weighted by atomic mass is 35.5. The Balaban J connectivity index is 0.00000272. The molecule has 170 valence electrons. The Kier molecular flexibility index (Phi) is 7.02. The second kappa shape index (κ2) is 9.22. The molecule has 0 aliphatic carbocycles. The molecule has 1 saturated heterocycles. The van der Waals surface area contributed by atoms with Crippen LogP contribution in [0, 0.1) is 0 Å². The highest BCUT2D eigenvalue weighted by molar-refractivity contribution is 6.31. The summed E-state index contributed by atoms with van der Waals surface area (Å²) in [5, 5.41) is 11.0. The predicted octanol–water partition coefficient (Wildman–Crippen LogP) is 3.30. The van der Waals surface area contributed by atoms with Crippen LogP contribution in [0.5, 0.6) is 5.75 Å². The quantitative estimate of drug-likeness (QED) is 0.712. The van der Waals surface area contributed by atoms with E-state index in [4.69, 9.17) is 16.3 Å². The van der Waals surface area contributed by atoms with E-state index in [1.165, 1.54) is 7.05 Å². The zero-order valence-corrected chi connectivity index (χ0v) is 18.3. The predicted molar refractivity (Wildman–Crippen MR) is 109 cm³/mol. The van der Waals surface area contributed by atoms with Crippen molar-refractivity contribution in [3.05, 3.63) is 39.7 Å². The lowest BCUT2D eigenvalue weighted by Gasteiger charge is -2.32. The summed E-state index contributed by atoms with van der Waals surface area (Å²) in [6, 6.07) is 3.12.